The van der Waals surface area contributed by atoms with E-state index in [2.05, 4.69) is 4.98 Å². The van der Waals surface area contributed by atoms with Crippen LogP contribution in [0.2, 0.25) is 0 Å². The number of carbonyl (C=O) groups excluding carboxylic acids is 2. The number of ether oxygens (including phenoxy) is 2. The molecule has 0 spiro atoms. The second-order valence-electron chi connectivity index (χ2n) is 6.61. The zero-order chi connectivity index (χ0) is 21.1. The van der Waals surface area contributed by atoms with Crippen LogP contribution < -0.4 is 0 Å². The number of carbonyl (C=O) groups is 2. The first-order chi connectivity index (χ1) is 13.8. The smallest absolute Gasteiger partial charge is 0.434 e. The Hall–Kier alpha value is -3.00. The Morgan fingerprint density at radius 2 is 1.86 bits per heavy atom. The lowest BCUT2D eigenvalue weighted by atomic mass is 10.0. The Labute approximate surface area is 173 Å². The van der Waals surface area contributed by atoms with Crippen LogP contribution in [0.3, 0.4) is 0 Å². The minimum Gasteiger partial charge on any atom is -0.434 e. The summed E-state index contributed by atoms with van der Waals surface area (Å²) in [5.41, 5.74) is 3.02. The number of rotatable bonds is 4. The van der Waals surface area contributed by atoms with Gasteiger partial charge in [0.05, 0.1) is 17.3 Å². The lowest BCUT2D eigenvalue weighted by Gasteiger charge is -2.32. The van der Waals surface area contributed by atoms with Crippen molar-refractivity contribution < 1.29 is 19.1 Å². The highest BCUT2D eigenvalue weighted by Gasteiger charge is 2.35. The third kappa shape index (κ3) is 4.37. The molecule has 1 atom stereocenters. The van der Waals surface area contributed by atoms with Gasteiger partial charge in [-0.3, -0.25) is 9.69 Å². The summed E-state index contributed by atoms with van der Waals surface area (Å²) in [6.07, 6.45) is -0.828. The van der Waals surface area contributed by atoms with Crippen molar-refractivity contribution >= 4 is 29.2 Å². The standard InChI is InChI=1S/C21H23N3O4S/c1-6-27-21(26)28-19-13(3)24(15(5)25)20(17-11-29-14(4)22-17)23-18(19)16-9-7-12(2)8-10-16/h7-11,18H,6H2,1-5H3. The van der Waals surface area contributed by atoms with Gasteiger partial charge in [0, 0.05) is 12.3 Å². The van der Waals surface area contributed by atoms with Crippen LogP contribution in [0.4, 0.5) is 4.79 Å². The van der Waals surface area contributed by atoms with E-state index < -0.39 is 12.2 Å². The van der Waals surface area contributed by atoms with Crippen molar-refractivity contribution in [1.29, 1.82) is 0 Å². The van der Waals surface area contributed by atoms with Crippen LogP contribution in [0.15, 0.2) is 46.1 Å². The minimum absolute atomic E-state index is 0.184. The highest BCUT2D eigenvalue weighted by Crippen LogP contribution is 2.36. The zero-order valence-corrected chi connectivity index (χ0v) is 17.9. The van der Waals surface area contributed by atoms with Crippen LogP contribution in [0.25, 0.3) is 0 Å². The molecule has 7 nitrogen and oxygen atoms in total. The summed E-state index contributed by atoms with van der Waals surface area (Å²) in [4.78, 5) is 35.2. The fourth-order valence-corrected chi connectivity index (χ4v) is 3.67. The maximum absolute atomic E-state index is 12.5. The molecular weight excluding hydrogens is 390 g/mol. The van der Waals surface area contributed by atoms with Crippen molar-refractivity contribution in [2.75, 3.05) is 6.61 Å². The molecule has 3 rings (SSSR count). The molecule has 0 radical (unpaired) electrons. The van der Waals surface area contributed by atoms with E-state index in [4.69, 9.17) is 14.5 Å². The Morgan fingerprint density at radius 1 is 1.17 bits per heavy atom. The highest BCUT2D eigenvalue weighted by molar-refractivity contribution is 7.09. The molecule has 1 aromatic heterocycles. The van der Waals surface area contributed by atoms with Crippen LogP contribution in [0.5, 0.6) is 0 Å². The summed E-state index contributed by atoms with van der Waals surface area (Å²) >= 11 is 1.48. The third-order valence-electron chi connectivity index (χ3n) is 4.42. The fraction of sp³-hybridized carbons (Fsp3) is 0.333. The first-order valence-electron chi connectivity index (χ1n) is 9.24. The van der Waals surface area contributed by atoms with E-state index in [1.165, 1.54) is 23.2 Å². The van der Waals surface area contributed by atoms with Gasteiger partial charge < -0.3 is 9.47 Å². The number of hydrogen-bond donors (Lipinski definition) is 0. The fourth-order valence-electron chi connectivity index (χ4n) is 3.08. The van der Waals surface area contributed by atoms with Crippen LogP contribution in [0.1, 0.15) is 48.6 Å². The van der Waals surface area contributed by atoms with Crippen LogP contribution >= 0.6 is 11.3 Å². The minimum atomic E-state index is -0.828. The number of hydrogen-bond acceptors (Lipinski definition) is 7. The number of amides is 1. The summed E-state index contributed by atoms with van der Waals surface area (Å²) in [6, 6.07) is 7.18. The molecule has 29 heavy (non-hydrogen) atoms. The van der Waals surface area contributed by atoms with Crippen molar-refractivity contribution in [3.63, 3.8) is 0 Å². The van der Waals surface area contributed by atoms with Gasteiger partial charge in [-0.2, -0.15) is 0 Å². The molecular formula is C21H23N3O4S. The van der Waals surface area contributed by atoms with Gasteiger partial charge in [-0.05, 0) is 33.3 Å². The van der Waals surface area contributed by atoms with Crippen molar-refractivity contribution in [2.24, 2.45) is 4.99 Å². The number of aromatic nitrogens is 1. The SMILES string of the molecule is CCOC(=O)OC1=C(C)N(C(C)=O)C(c2csc(C)n2)=NC1c1ccc(C)cc1. The van der Waals surface area contributed by atoms with Gasteiger partial charge in [0.2, 0.25) is 5.91 Å². The molecule has 1 aromatic carbocycles. The van der Waals surface area contributed by atoms with E-state index in [1.54, 1.807) is 13.8 Å². The Kier molecular flexibility index (Phi) is 6.12. The molecule has 0 fully saturated rings. The number of benzene rings is 1. The number of aryl methyl sites for hydroxylation is 2. The average Bonchev–Trinajstić information content (AvgIpc) is 3.10. The summed E-state index contributed by atoms with van der Waals surface area (Å²) in [5, 5.41) is 2.73. The molecule has 8 heteroatoms. The monoisotopic (exact) mass is 413 g/mol. The first kappa shape index (κ1) is 20.7. The quantitative estimate of drug-likeness (QED) is 0.689. The second kappa shape index (κ2) is 8.57. The lowest BCUT2D eigenvalue weighted by Crippen LogP contribution is -2.39. The van der Waals surface area contributed by atoms with E-state index in [0.717, 1.165) is 16.1 Å². The van der Waals surface area contributed by atoms with Crippen molar-refractivity contribution in [3.8, 4) is 0 Å². The molecule has 2 aromatic rings. The molecule has 0 saturated carbocycles. The molecule has 0 aliphatic carbocycles. The third-order valence-corrected chi connectivity index (χ3v) is 5.19. The molecule has 1 unspecified atom stereocenters. The van der Waals surface area contributed by atoms with Crippen molar-refractivity contribution in [1.82, 2.24) is 9.88 Å². The van der Waals surface area contributed by atoms with E-state index in [1.807, 2.05) is 43.5 Å². The zero-order valence-electron chi connectivity index (χ0n) is 17.1. The molecule has 1 aliphatic heterocycles. The van der Waals surface area contributed by atoms with Gasteiger partial charge in [-0.15, -0.1) is 11.3 Å². The first-order valence-corrected chi connectivity index (χ1v) is 10.1. The van der Waals surface area contributed by atoms with Crippen molar-refractivity contribution in [2.45, 2.75) is 40.7 Å². The Balaban J connectivity index is 2.15. The average molecular weight is 413 g/mol. The van der Waals surface area contributed by atoms with E-state index in [-0.39, 0.29) is 18.3 Å². The summed E-state index contributed by atoms with van der Waals surface area (Å²) in [6.45, 7) is 8.93. The van der Waals surface area contributed by atoms with Crippen LogP contribution in [-0.4, -0.2) is 34.4 Å². The Morgan fingerprint density at radius 3 is 2.41 bits per heavy atom. The molecule has 0 bridgehead atoms. The summed E-state index contributed by atoms with van der Waals surface area (Å²) < 4.78 is 10.5. The number of nitrogens with zero attached hydrogens (tertiary/aromatic N) is 3. The van der Waals surface area contributed by atoms with Gasteiger partial charge in [0.25, 0.3) is 0 Å². The summed E-state index contributed by atoms with van der Waals surface area (Å²) in [5.74, 6) is 0.443. The molecule has 1 amide bonds. The van der Waals surface area contributed by atoms with Gasteiger partial charge >= 0.3 is 6.16 Å². The summed E-state index contributed by atoms with van der Waals surface area (Å²) in [7, 11) is 0. The molecule has 152 valence electrons. The van der Waals surface area contributed by atoms with Crippen LogP contribution in [0, 0.1) is 13.8 Å². The second-order valence-corrected chi connectivity index (χ2v) is 7.67. The topological polar surface area (TPSA) is 81.1 Å². The van der Waals surface area contributed by atoms with Gasteiger partial charge in [0.15, 0.2) is 11.6 Å². The van der Waals surface area contributed by atoms with E-state index in [9.17, 15) is 9.59 Å². The Bertz CT molecular complexity index is 992. The predicted molar refractivity (Wildman–Crippen MR) is 111 cm³/mol. The van der Waals surface area contributed by atoms with Gasteiger partial charge in [-0.25, -0.2) is 14.8 Å². The molecule has 0 N–H and O–H groups in total. The van der Waals surface area contributed by atoms with Gasteiger partial charge in [0.1, 0.15) is 11.7 Å². The number of aliphatic imine (C=N–C) groups is 1. The molecule has 1 aliphatic rings. The lowest BCUT2D eigenvalue weighted by molar-refractivity contribution is -0.124. The van der Waals surface area contributed by atoms with E-state index in [0.29, 0.717) is 17.2 Å². The van der Waals surface area contributed by atoms with E-state index >= 15 is 0 Å². The highest BCUT2D eigenvalue weighted by atomic mass is 32.1. The predicted octanol–water partition coefficient (Wildman–Crippen LogP) is 4.51. The number of thiazole rings is 1. The van der Waals surface area contributed by atoms with Gasteiger partial charge in [-0.1, -0.05) is 29.8 Å². The number of allylic oxidation sites excluding steroid dienone is 1. The maximum atomic E-state index is 12.5. The number of amidine groups is 1. The largest absolute Gasteiger partial charge is 0.513 e. The normalized spacial score (nSPS) is 16.5. The maximum Gasteiger partial charge on any atom is 0.513 e. The molecule has 0 saturated heterocycles. The van der Waals surface area contributed by atoms with Crippen molar-refractivity contribution in [3.05, 3.63) is 62.9 Å². The van der Waals surface area contributed by atoms with Crippen LogP contribution in [-0.2, 0) is 14.3 Å². The molecule has 2 heterocycles.